The topological polar surface area (TPSA) is 66.5 Å². The van der Waals surface area contributed by atoms with Gasteiger partial charge < -0.3 is 4.90 Å². The van der Waals surface area contributed by atoms with Crippen molar-refractivity contribution in [2.24, 2.45) is 0 Å². The molecule has 1 fully saturated rings. The van der Waals surface area contributed by atoms with Crippen molar-refractivity contribution >= 4 is 15.9 Å². The lowest BCUT2D eigenvalue weighted by atomic mass is 10.00. The smallest absolute Gasteiger partial charge is 0.254 e. The van der Waals surface area contributed by atoms with Gasteiger partial charge in [0.05, 0.1) is 10.9 Å². The number of carbonyl (C=O) groups excluding carboxylic acids is 1. The van der Waals surface area contributed by atoms with Crippen LogP contribution in [0.3, 0.4) is 0 Å². The van der Waals surface area contributed by atoms with Crippen LogP contribution in [0.2, 0.25) is 0 Å². The first kappa shape index (κ1) is 18.6. The average Bonchev–Trinajstić information content (AvgIpc) is 2.94. The molecule has 1 N–H and O–H groups in total. The second-order valence-electron chi connectivity index (χ2n) is 6.51. The van der Waals surface area contributed by atoms with Gasteiger partial charge in [0.25, 0.3) is 5.91 Å². The summed E-state index contributed by atoms with van der Waals surface area (Å²) in [4.78, 5) is 15.2. The summed E-state index contributed by atoms with van der Waals surface area (Å²) in [6.45, 7) is 0.682. The molecule has 0 spiro atoms. The van der Waals surface area contributed by atoms with Crippen molar-refractivity contribution in [1.82, 2.24) is 9.62 Å². The molecule has 2 aromatic rings. The highest BCUT2D eigenvalue weighted by atomic mass is 32.2. The molecule has 1 aliphatic heterocycles. The maximum Gasteiger partial charge on any atom is 0.254 e. The maximum atomic E-state index is 13.2. The van der Waals surface area contributed by atoms with E-state index in [-0.39, 0.29) is 16.8 Å². The van der Waals surface area contributed by atoms with Crippen LogP contribution in [0, 0.1) is 0 Å². The minimum atomic E-state index is -3.58. The highest BCUT2D eigenvalue weighted by molar-refractivity contribution is 7.89. The Bertz CT molecular complexity index is 866. The molecule has 0 aromatic heterocycles. The molecular formula is C20H24N2O3S. The largest absolute Gasteiger partial charge is 0.332 e. The molecule has 138 valence electrons. The maximum absolute atomic E-state index is 13.2. The van der Waals surface area contributed by atoms with Crippen LogP contribution in [0.15, 0.2) is 59.5 Å². The molecular weight excluding hydrogens is 348 g/mol. The molecule has 1 saturated heterocycles. The van der Waals surface area contributed by atoms with E-state index in [4.69, 9.17) is 0 Å². The summed E-state index contributed by atoms with van der Waals surface area (Å²) in [6, 6.07) is 16.3. The van der Waals surface area contributed by atoms with Gasteiger partial charge in [-0.2, -0.15) is 0 Å². The molecule has 0 aliphatic carbocycles. The minimum absolute atomic E-state index is 0.0239. The van der Waals surface area contributed by atoms with E-state index >= 15 is 0 Å². The van der Waals surface area contributed by atoms with Crippen molar-refractivity contribution in [3.63, 3.8) is 0 Å². The van der Waals surface area contributed by atoms with Gasteiger partial charge in [-0.3, -0.25) is 4.79 Å². The molecule has 0 bridgehead atoms. The van der Waals surface area contributed by atoms with Crippen LogP contribution in [0.4, 0.5) is 0 Å². The van der Waals surface area contributed by atoms with Crippen molar-refractivity contribution in [3.8, 4) is 0 Å². The zero-order valence-electron chi connectivity index (χ0n) is 14.9. The average molecular weight is 372 g/mol. The molecule has 1 aliphatic rings. The van der Waals surface area contributed by atoms with E-state index in [2.05, 4.69) is 16.9 Å². The van der Waals surface area contributed by atoms with E-state index in [1.54, 1.807) is 12.1 Å². The van der Waals surface area contributed by atoms with Gasteiger partial charge in [0, 0.05) is 12.1 Å². The van der Waals surface area contributed by atoms with Gasteiger partial charge in [0.2, 0.25) is 10.0 Å². The Morgan fingerprint density at radius 1 is 1.04 bits per heavy atom. The quantitative estimate of drug-likeness (QED) is 0.895. The highest BCUT2D eigenvalue weighted by Gasteiger charge is 2.28. The summed E-state index contributed by atoms with van der Waals surface area (Å²) in [5.41, 5.74) is 1.53. The number of hydrogen-bond acceptors (Lipinski definition) is 3. The normalized spacial score (nSPS) is 18.3. The zero-order valence-corrected chi connectivity index (χ0v) is 15.7. The lowest BCUT2D eigenvalue weighted by molar-refractivity contribution is 0.0680. The molecule has 1 heterocycles. The molecule has 26 heavy (non-hydrogen) atoms. The van der Waals surface area contributed by atoms with Crippen molar-refractivity contribution in [1.29, 1.82) is 0 Å². The summed E-state index contributed by atoms with van der Waals surface area (Å²) >= 11 is 0. The summed E-state index contributed by atoms with van der Waals surface area (Å²) in [7, 11) is -2.21. The Morgan fingerprint density at radius 2 is 1.81 bits per heavy atom. The fourth-order valence-corrected chi connectivity index (χ4v) is 4.23. The zero-order chi connectivity index (χ0) is 18.6. The van der Waals surface area contributed by atoms with Crippen molar-refractivity contribution < 1.29 is 13.2 Å². The van der Waals surface area contributed by atoms with Gasteiger partial charge in [-0.25, -0.2) is 13.1 Å². The molecule has 5 nitrogen and oxygen atoms in total. The third-order valence-electron chi connectivity index (χ3n) is 4.86. The molecule has 1 amide bonds. The van der Waals surface area contributed by atoms with E-state index in [0.29, 0.717) is 12.1 Å². The monoisotopic (exact) mass is 372 g/mol. The number of nitrogens with one attached hydrogen (secondary N) is 1. The number of carbonyl (C=O) groups is 1. The van der Waals surface area contributed by atoms with Gasteiger partial charge in [-0.05, 0) is 43.7 Å². The first-order chi connectivity index (χ1) is 12.5. The Labute approximate surface area is 155 Å². The van der Waals surface area contributed by atoms with Crippen molar-refractivity contribution in [2.45, 2.75) is 36.6 Å². The van der Waals surface area contributed by atoms with Gasteiger partial charge >= 0.3 is 0 Å². The predicted molar refractivity (Wildman–Crippen MR) is 101 cm³/mol. The van der Waals surface area contributed by atoms with Crippen LogP contribution in [0.1, 0.15) is 47.6 Å². The van der Waals surface area contributed by atoms with E-state index < -0.39 is 10.0 Å². The Balaban J connectivity index is 1.95. The van der Waals surface area contributed by atoms with E-state index in [9.17, 15) is 13.2 Å². The van der Waals surface area contributed by atoms with Crippen LogP contribution in [-0.2, 0) is 10.0 Å². The third-order valence-corrected chi connectivity index (χ3v) is 6.27. The Hall–Kier alpha value is -2.18. The Kier molecular flexibility index (Phi) is 5.74. The van der Waals surface area contributed by atoms with Gasteiger partial charge in [-0.1, -0.05) is 49.2 Å². The first-order valence-electron chi connectivity index (χ1n) is 8.92. The molecule has 2 aromatic carbocycles. The standard InChI is InChI=1S/C20H24N2O3S/c1-21-26(24,25)18-12-8-11-17(15-18)20(23)22-14-7-3-6-13-19(22)16-9-4-2-5-10-16/h2,4-5,8-12,15,19,21H,3,6-7,13-14H2,1H3. The highest BCUT2D eigenvalue weighted by Crippen LogP contribution is 2.31. The number of nitrogens with zero attached hydrogens (tertiary/aromatic N) is 1. The van der Waals surface area contributed by atoms with Crippen molar-refractivity contribution in [2.75, 3.05) is 13.6 Å². The van der Waals surface area contributed by atoms with Crippen LogP contribution in [-0.4, -0.2) is 32.8 Å². The molecule has 0 saturated carbocycles. The number of sulfonamides is 1. The van der Waals surface area contributed by atoms with E-state index in [1.807, 2.05) is 23.1 Å². The third kappa shape index (κ3) is 3.97. The van der Waals surface area contributed by atoms with Crippen LogP contribution in [0.5, 0.6) is 0 Å². The summed E-state index contributed by atoms with van der Waals surface area (Å²) < 4.78 is 26.4. The lowest BCUT2D eigenvalue weighted by Crippen LogP contribution is -2.35. The summed E-state index contributed by atoms with van der Waals surface area (Å²) in [5.74, 6) is -0.117. The van der Waals surface area contributed by atoms with E-state index in [1.165, 1.54) is 19.2 Å². The molecule has 1 atom stereocenters. The lowest BCUT2D eigenvalue weighted by Gasteiger charge is -2.30. The Morgan fingerprint density at radius 3 is 2.54 bits per heavy atom. The number of hydrogen-bond donors (Lipinski definition) is 1. The number of rotatable bonds is 4. The van der Waals surface area contributed by atoms with Gasteiger partial charge in [-0.15, -0.1) is 0 Å². The summed E-state index contributed by atoms with van der Waals surface area (Å²) in [6.07, 6.45) is 4.06. The molecule has 0 radical (unpaired) electrons. The fraction of sp³-hybridized carbons (Fsp3) is 0.350. The van der Waals surface area contributed by atoms with Crippen LogP contribution < -0.4 is 4.72 Å². The van der Waals surface area contributed by atoms with Gasteiger partial charge in [0.1, 0.15) is 0 Å². The number of likely N-dealkylation sites (tertiary alicyclic amines) is 1. The fourth-order valence-electron chi connectivity index (χ4n) is 3.45. The van der Waals surface area contributed by atoms with E-state index in [0.717, 1.165) is 31.2 Å². The molecule has 3 rings (SSSR count). The molecule has 1 unspecified atom stereocenters. The predicted octanol–water partition coefficient (Wildman–Crippen LogP) is 3.35. The van der Waals surface area contributed by atoms with Crippen LogP contribution >= 0.6 is 0 Å². The van der Waals surface area contributed by atoms with Gasteiger partial charge in [0.15, 0.2) is 0 Å². The summed E-state index contributed by atoms with van der Waals surface area (Å²) in [5, 5.41) is 0. The SMILES string of the molecule is CNS(=O)(=O)c1cccc(C(=O)N2CCCCCC2c2ccccc2)c1. The molecule has 6 heteroatoms. The van der Waals surface area contributed by atoms with Crippen molar-refractivity contribution in [3.05, 3.63) is 65.7 Å². The number of amides is 1. The number of benzene rings is 2. The minimum Gasteiger partial charge on any atom is -0.332 e. The first-order valence-corrected chi connectivity index (χ1v) is 10.4. The van der Waals surface area contributed by atoms with Crippen LogP contribution in [0.25, 0.3) is 0 Å². The second-order valence-corrected chi connectivity index (χ2v) is 8.40. The second kappa shape index (κ2) is 8.01.